The van der Waals surface area contributed by atoms with E-state index < -0.39 is 11.7 Å². The highest BCUT2D eigenvalue weighted by molar-refractivity contribution is 5.76. The second-order valence-corrected chi connectivity index (χ2v) is 3.90. The normalized spacial score (nSPS) is 11.6. The molecule has 0 bridgehead atoms. The van der Waals surface area contributed by atoms with Gasteiger partial charge in [-0.15, -0.1) is 0 Å². The summed E-state index contributed by atoms with van der Waals surface area (Å²) < 4.78 is 38.9. The van der Waals surface area contributed by atoms with E-state index in [2.05, 4.69) is 0 Å². The summed E-state index contributed by atoms with van der Waals surface area (Å²) in [4.78, 5) is 10.7. The fourth-order valence-corrected chi connectivity index (χ4v) is 1.77. The van der Waals surface area contributed by atoms with E-state index in [-0.39, 0.29) is 0 Å². The predicted molar refractivity (Wildman–Crippen MR) is 61.2 cm³/mol. The first-order valence-electron chi connectivity index (χ1n) is 5.22. The van der Waals surface area contributed by atoms with Gasteiger partial charge in [-0.3, -0.25) is 4.79 Å². The van der Waals surface area contributed by atoms with Crippen LogP contribution in [0.4, 0.5) is 13.2 Å². The van der Waals surface area contributed by atoms with Crippen LogP contribution in [0, 0.1) is 0 Å². The lowest BCUT2D eigenvalue weighted by Crippen LogP contribution is -2.04. The molecule has 0 unspecified atom stereocenters. The summed E-state index contributed by atoms with van der Waals surface area (Å²) >= 11 is 0. The molecule has 1 aromatic carbocycles. The lowest BCUT2D eigenvalue weighted by Gasteiger charge is -2.08. The minimum Gasteiger partial charge on any atom is -0.341 e. The van der Waals surface area contributed by atoms with Crippen LogP contribution in [0.3, 0.4) is 0 Å². The summed E-state index contributed by atoms with van der Waals surface area (Å²) in [6.45, 7) is 0. The third-order valence-corrected chi connectivity index (χ3v) is 2.79. The molecule has 2 rings (SSSR count). The van der Waals surface area contributed by atoms with E-state index in [1.807, 2.05) is 0 Å². The van der Waals surface area contributed by atoms with Crippen LogP contribution in [0.15, 0.2) is 36.4 Å². The van der Waals surface area contributed by atoms with Crippen molar-refractivity contribution in [3.05, 3.63) is 47.7 Å². The number of aromatic nitrogens is 1. The molecule has 0 saturated heterocycles. The maximum atomic E-state index is 12.4. The van der Waals surface area contributed by atoms with Gasteiger partial charge in [0.25, 0.3) is 0 Å². The molecular weight excluding hydrogens is 243 g/mol. The largest absolute Gasteiger partial charge is 0.416 e. The van der Waals surface area contributed by atoms with Crippen molar-refractivity contribution in [3.8, 4) is 11.3 Å². The Balaban J connectivity index is 2.40. The number of hydrogen-bond donors (Lipinski definition) is 0. The Labute approximate surface area is 102 Å². The summed E-state index contributed by atoms with van der Waals surface area (Å²) in [7, 11) is 1.69. The molecule has 18 heavy (non-hydrogen) atoms. The topological polar surface area (TPSA) is 22.0 Å². The number of rotatable bonds is 2. The van der Waals surface area contributed by atoms with Gasteiger partial charge >= 0.3 is 6.18 Å². The average molecular weight is 253 g/mol. The third kappa shape index (κ3) is 2.16. The third-order valence-electron chi connectivity index (χ3n) is 2.79. The molecule has 0 aliphatic rings. The number of halogens is 3. The zero-order chi connectivity index (χ0) is 13.3. The zero-order valence-corrected chi connectivity index (χ0v) is 9.53. The van der Waals surface area contributed by atoms with Gasteiger partial charge in [-0.05, 0) is 29.8 Å². The maximum absolute atomic E-state index is 12.4. The van der Waals surface area contributed by atoms with Gasteiger partial charge in [-0.25, -0.2) is 0 Å². The van der Waals surface area contributed by atoms with Crippen molar-refractivity contribution in [1.82, 2.24) is 4.57 Å². The smallest absolute Gasteiger partial charge is 0.341 e. The van der Waals surface area contributed by atoms with Gasteiger partial charge < -0.3 is 4.57 Å². The number of hydrogen-bond acceptors (Lipinski definition) is 1. The molecule has 1 heterocycles. The fraction of sp³-hybridized carbons (Fsp3) is 0.154. The Morgan fingerprint density at radius 3 is 2.11 bits per heavy atom. The van der Waals surface area contributed by atoms with E-state index in [0.717, 1.165) is 12.1 Å². The molecule has 0 spiro atoms. The summed E-state index contributed by atoms with van der Waals surface area (Å²) in [5.41, 5.74) is 1.13. The Morgan fingerprint density at radius 2 is 1.67 bits per heavy atom. The molecular formula is C13H10F3NO. The van der Waals surface area contributed by atoms with Gasteiger partial charge in [0, 0.05) is 12.7 Å². The van der Waals surface area contributed by atoms with Gasteiger partial charge in [0.1, 0.15) is 0 Å². The summed E-state index contributed by atoms with van der Waals surface area (Å²) in [6.07, 6.45) is -3.63. The second kappa shape index (κ2) is 4.33. The highest BCUT2D eigenvalue weighted by Crippen LogP contribution is 2.31. The summed E-state index contributed by atoms with van der Waals surface area (Å²) in [5.74, 6) is 0. The Kier molecular flexibility index (Phi) is 2.98. The quantitative estimate of drug-likeness (QED) is 0.750. The van der Waals surface area contributed by atoms with Crippen molar-refractivity contribution in [2.24, 2.45) is 7.05 Å². The molecule has 1 aromatic heterocycles. The monoisotopic (exact) mass is 253 g/mol. The number of nitrogens with zero attached hydrogens (tertiary/aromatic N) is 1. The minimum absolute atomic E-state index is 0.477. The van der Waals surface area contributed by atoms with E-state index in [4.69, 9.17) is 0 Å². The van der Waals surface area contributed by atoms with Gasteiger partial charge in [-0.1, -0.05) is 12.1 Å². The molecule has 0 atom stereocenters. The van der Waals surface area contributed by atoms with Gasteiger partial charge in [0.05, 0.1) is 11.3 Å². The van der Waals surface area contributed by atoms with Crippen molar-refractivity contribution in [2.75, 3.05) is 0 Å². The first kappa shape index (κ1) is 12.4. The molecule has 0 amide bonds. The average Bonchev–Trinajstić information content (AvgIpc) is 2.69. The van der Waals surface area contributed by atoms with Crippen LogP contribution >= 0.6 is 0 Å². The Bertz CT molecular complexity index is 567. The lowest BCUT2D eigenvalue weighted by molar-refractivity contribution is -0.137. The van der Waals surface area contributed by atoms with Crippen molar-refractivity contribution >= 4 is 6.29 Å². The van der Waals surface area contributed by atoms with E-state index in [9.17, 15) is 18.0 Å². The fourth-order valence-electron chi connectivity index (χ4n) is 1.77. The molecule has 5 heteroatoms. The summed E-state index contributed by atoms with van der Waals surface area (Å²) in [5, 5.41) is 0. The van der Waals surface area contributed by atoms with Crippen molar-refractivity contribution in [3.63, 3.8) is 0 Å². The van der Waals surface area contributed by atoms with Crippen molar-refractivity contribution in [1.29, 1.82) is 0 Å². The Morgan fingerprint density at radius 1 is 1.06 bits per heavy atom. The molecule has 0 saturated carbocycles. The van der Waals surface area contributed by atoms with E-state index in [1.54, 1.807) is 23.7 Å². The standard InChI is InChI=1S/C13H10F3NO/c1-17-11(8-18)6-7-12(17)9-2-4-10(5-3-9)13(14,15)16/h2-8H,1H3. The molecule has 2 aromatic rings. The first-order valence-corrected chi connectivity index (χ1v) is 5.22. The van der Waals surface area contributed by atoms with E-state index >= 15 is 0 Å². The second-order valence-electron chi connectivity index (χ2n) is 3.90. The zero-order valence-electron chi connectivity index (χ0n) is 9.53. The number of aldehydes is 1. The van der Waals surface area contributed by atoms with Gasteiger partial charge in [-0.2, -0.15) is 13.2 Å². The number of alkyl halides is 3. The summed E-state index contributed by atoms with van der Waals surface area (Å²) in [6, 6.07) is 8.18. The van der Waals surface area contributed by atoms with Crippen LogP contribution < -0.4 is 0 Å². The van der Waals surface area contributed by atoms with E-state index in [0.29, 0.717) is 23.2 Å². The minimum atomic E-state index is -4.33. The van der Waals surface area contributed by atoms with Crippen LogP contribution in [-0.2, 0) is 13.2 Å². The number of carbonyl (C=O) groups is 1. The molecule has 0 aliphatic carbocycles. The Hall–Kier alpha value is -2.04. The van der Waals surface area contributed by atoms with Crippen LogP contribution in [0.1, 0.15) is 16.1 Å². The molecule has 0 N–H and O–H groups in total. The SMILES string of the molecule is Cn1c(C=O)ccc1-c1ccc(C(F)(F)F)cc1. The predicted octanol–water partition coefficient (Wildman–Crippen LogP) is 3.52. The maximum Gasteiger partial charge on any atom is 0.416 e. The molecule has 0 aliphatic heterocycles. The van der Waals surface area contributed by atoms with Crippen LogP contribution in [-0.4, -0.2) is 10.9 Å². The number of carbonyl (C=O) groups excluding carboxylic acids is 1. The van der Waals surface area contributed by atoms with Crippen molar-refractivity contribution < 1.29 is 18.0 Å². The molecule has 94 valence electrons. The highest BCUT2D eigenvalue weighted by Gasteiger charge is 2.30. The molecule has 0 radical (unpaired) electrons. The first-order chi connectivity index (χ1) is 8.43. The highest BCUT2D eigenvalue weighted by atomic mass is 19.4. The lowest BCUT2D eigenvalue weighted by atomic mass is 10.1. The van der Waals surface area contributed by atoms with E-state index in [1.165, 1.54) is 12.1 Å². The van der Waals surface area contributed by atoms with Gasteiger partial charge in [0.15, 0.2) is 6.29 Å². The van der Waals surface area contributed by atoms with Crippen LogP contribution in [0.5, 0.6) is 0 Å². The van der Waals surface area contributed by atoms with Crippen LogP contribution in [0.2, 0.25) is 0 Å². The molecule has 2 nitrogen and oxygen atoms in total. The van der Waals surface area contributed by atoms with Crippen LogP contribution in [0.25, 0.3) is 11.3 Å². The molecule has 0 fully saturated rings. The van der Waals surface area contributed by atoms with Gasteiger partial charge in [0.2, 0.25) is 0 Å². The number of benzene rings is 1. The van der Waals surface area contributed by atoms with Crippen molar-refractivity contribution in [2.45, 2.75) is 6.18 Å².